The highest BCUT2D eigenvalue weighted by Crippen LogP contribution is 2.13. The van der Waals surface area contributed by atoms with Crippen molar-refractivity contribution in [2.24, 2.45) is 0 Å². The van der Waals surface area contributed by atoms with Crippen molar-refractivity contribution in [3.8, 4) is 0 Å². The first-order chi connectivity index (χ1) is 8.92. The van der Waals surface area contributed by atoms with E-state index in [0.29, 0.717) is 17.8 Å². The van der Waals surface area contributed by atoms with Gasteiger partial charge in [-0.15, -0.1) is 0 Å². The maximum atomic E-state index is 13.4. The summed E-state index contributed by atoms with van der Waals surface area (Å²) in [6.45, 7) is 11.2. The SMILES string of the molecule is C=C(C)CN(CC)CC(=O)Nc1ccc(C)c(F)c1. The number of nitrogens with one attached hydrogen (secondary N) is 1. The summed E-state index contributed by atoms with van der Waals surface area (Å²) < 4.78 is 13.4. The number of likely N-dealkylation sites (N-methyl/N-ethyl adjacent to an activating group) is 1. The third-order valence-corrected chi connectivity index (χ3v) is 2.76. The Morgan fingerprint density at radius 3 is 2.63 bits per heavy atom. The maximum absolute atomic E-state index is 13.4. The molecule has 0 fully saturated rings. The van der Waals surface area contributed by atoms with Crippen LogP contribution in [0.25, 0.3) is 0 Å². The number of benzene rings is 1. The lowest BCUT2D eigenvalue weighted by molar-refractivity contribution is -0.117. The van der Waals surface area contributed by atoms with Crippen LogP contribution in [0.5, 0.6) is 0 Å². The molecule has 0 saturated carbocycles. The van der Waals surface area contributed by atoms with E-state index in [9.17, 15) is 9.18 Å². The number of hydrogen-bond donors (Lipinski definition) is 1. The zero-order valence-corrected chi connectivity index (χ0v) is 11.8. The molecule has 0 aliphatic carbocycles. The summed E-state index contributed by atoms with van der Waals surface area (Å²) in [4.78, 5) is 13.8. The topological polar surface area (TPSA) is 32.3 Å². The van der Waals surface area contributed by atoms with Gasteiger partial charge < -0.3 is 5.32 Å². The second-order valence-electron chi connectivity index (χ2n) is 4.77. The molecule has 0 saturated heterocycles. The number of halogens is 1. The molecule has 0 atom stereocenters. The number of amides is 1. The average molecular weight is 264 g/mol. The van der Waals surface area contributed by atoms with Crippen molar-refractivity contribution >= 4 is 11.6 Å². The Morgan fingerprint density at radius 2 is 2.11 bits per heavy atom. The van der Waals surface area contributed by atoms with E-state index in [-0.39, 0.29) is 18.3 Å². The molecular formula is C15H21FN2O. The van der Waals surface area contributed by atoms with E-state index in [2.05, 4.69) is 11.9 Å². The van der Waals surface area contributed by atoms with E-state index in [1.165, 1.54) is 6.07 Å². The largest absolute Gasteiger partial charge is 0.325 e. The third kappa shape index (κ3) is 5.22. The fourth-order valence-electron chi connectivity index (χ4n) is 1.74. The molecule has 0 aliphatic rings. The number of nitrogens with zero attached hydrogens (tertiary/aromatic N) is 1. The third-order valence-electron chi connectivity index (χ3n) is 2.76. The zero-order chi connectivity index (χ0) is 14.4. The molecule has 0 radical (unpaired) electrons. The van der Waals surface area contributed by atoms with Crippen LogP contribution in [0.15, 0.2) is 30.4 Å². The Labute approximate surface area is 114 Å². The van der Waals surface area contributed by atoms with E-state index in [1.807, 2.05) is 18.7 Å². The van der Waals surface area contributed by atoms with Crippen molar-refractivity contribution in [2.45, 2.75) is 20.8 Å². The Kier molecular flexibility index (Phi) is 5.70. The molecule has 0 heterocycles. The van der Waals surface area contributed by atoms with E-state index in [0.717, 1.165) is 12.1 Å². The van der Waals surface area contributed by atoms with Gasteiger partial charge in [-0.2, -0.15) is 0 Å². The van der Waals surface area contributed by atoms with Crippen molar-refractivity contribution in [3.05, 3.63) is 41.7 Å². The van der Waals surface area contributed by atoms with E-state index >= 15 is 0 Å². The van der Waals surface area contributed by atoms with Crippen molar-refractivity contribution in [2.75, 3.05) is 25.0 Å². The molecule has 1 rings (SSSR count). The Balaban J connectivity index is 2.58. The molecule has 0 aromatic heterocycles. The fraction of sp³-hybridized carbons (Fsp3) is 0.400. The number of aryl methyl sites for hydroxylation is 1. The van der Waals surface area contributed by atoms with Gasteiger partial charge in [-0.3, -0.25) is 9.69 Å². The highest BCUT2D eigenvalue weighted by atomic mass is 19.1. The van der Waals surface area contributed by atoms with Gasteiger partial charge in [-0.05, 0) is 38.1 Å². The van der Waals surface area contributed by atoms with Crippen LogP contribution in [0.1, 0.15) is 19.4 Å². The molecule has 0 aliphatic heterocycles. The molecule has 104 valence electrons. The zero-order valence-electron chi connectivity index (χ0n) is 11.8. The van der Waals surface area contributed by atoms with Crippen LogP contribution in [0.2, 0.25) is 0 Å². The van der Waals surface area contributed by atoms with Gasteiger partial charge in [0.1, 0.15) is 5.82 Å². The molecule has 1 N–H and O–H groups in total. The summed E-state index contributed by atoms with van der Waals surface area (Å²) in [6, 6.07) is 4.68. The predicted molar refractivity (Wildman–Crippen MR) is 76.7 cm³/mol. The molecule has 1 aromatic carbocycles. The quantitative estimate of drug-likeness (QED) is 0.801. The highest BCUT2D eigenvalue weighted by Gasteiger charge is 2.10. The van der Waals surface area contributed by atoms with Gasteiger partial charge in [0.15, 0.2) is 0 Å². The number of carbonyl (C=O) groups excluding carboxylic acids is 1. The molecule has 19 heavy (non-hydrogen) atoms. The summed E-state index contributed by atoms with van der Waals surface area (Å²) in [6.07, 6.45) is 0. The molecule has 0 unspecified atom stereocenters. The molecular weight excluding hydrogens is 243 g/mol. The summed E-state index contributed by atoms with van der Waals surface area (Å²) in [5.41, 5.74) is 2.06. The van der Waals surface area contributed by atoms with Gasteiger partial charge >= 0.3 is 0 Å². The van der Waals surface area contributed by atoms with Crippen molar-refractivity contribution in [1.82, 2.24) is 4.90 Å². The van der Waals surface area contributed by atoms with Crippen molar-refractivity contribution in [3.63, 3.8) is 0 Å². The average Bonchev–Trinajstić information content (AvgIpc) is 2.32. The number of hydrogen-bond acceptors (Lipinski definition) is 2. The van der Waals surface area contributed by atoms with Crippen molar-refractivity contribution in [1.29, 1.82) is 0 Å². The molecule has 4 heteroatoms. The summed E-state index contributed by atoms with van der Waals surface area (Å²) >= 11 is 0. The van der Waals surface area contributed by atoms with E-state index < -0.39 is 0 Å². The van der Waals surface area contributed by atoms with Gasteiger partial charge in [-0.1, -0.05) is 25.1 Å². The number of rotatable bonds is 6. The van der Waals surface area contributed by atoms with Crippen LogP contribution in [0, 0.1) is 12.7 Å². The number of anilines is 1. The van der Waals surface area contributed by atoms with Gasteiger partial charge in [0.25, 0.3) is 0 Å². The van der Waals surface area contributed by atoms with Crippen LogP contribution >= 0.6 is 0 Å². The fourth-order valence-corrected chi connectivity index (χ4v) is 1.74. The highest BCUT2D eigenvalue weighted by molar-refractivity contribution is 5.92. The second kappa shape index (κ2) is 7.04. The van der Waals surface area contributed by atoms with Crippen molar-refractivity contribution < 1.29 is 9.18 Å². The number of carbonyl (C=O) groups is 1. The van der Waals surface area contributed by atoms with E-state index in [4.69, 9.17) is 0 Å². The molecule has 3 nitrogen and oxygen atoms in total. The molecule has 1 amide bonds. The Morgan fingerprint density at radius 1 is 1.42 bits per heavy atom. The second-order valence-corrected chi connectivity index (χ2v) is 4.77. The minimum Gasteiger partial charge on any atom is -0.325 e. The Hall–Kier alpha value is -1.68. The first-order valence-corrected chi connectivity index (χ1v) is 6.35. The van der Waals surface area contributed by atoms with Crippen LogP contribution in [0.4, 0.5) is 10.1 Å². The smallest absolute Gasteiger partial charge is 0.238 e. The lowest BCUT2D eigenvalue weighted by Gasteiger charge is -2.19. The van der Waals surface area contributed by atoms with Gasteiger partial charge in [-0.25, -0.2) is 4.39 Å². The first-order valence-electron chi connectivity index (χ1n) is 6.35. The molecule has 0 spiro atoms. The van der Waals surface area contributed by atoms with Gasteiger partial charge in [0.05, 0.1) is 6.54 Å². The molecule has 1 aromatic rings. The van der Waals surface area contributed by atoms with Crippen LogP contribution < -0.4 is 5.32 Å². The molecule has 0 bridgehead atoms. The first kappa shape index (κ1) is 15.4. The minimum absolute atomic E-state index is 0.147. The predicted octanol–water partition coefficient (Wildman–Crippen LogP) is 2.97. The standard InChI is InChI=1S/C15H21FN2O/c1-5-18(9-11(2)3)10-15(19)17-13-7-6-12(4)14(16)8-13/h6-8H,2,5,9-10H2,1,3-4H3,(H,17,19). The van der Waals surface area contributed by atoms with Crippen LogP contribution in [-0.2, 0) is 4.79 Å². The van der Waals surface area contributed by atoms with Gasteiger partial charge in [0, 0.05) is 12.2 Å². The summed E-state index contributed by atoms with van der Waals surface area (Å²) in [7, 11) is 0. The Bertz CT molecular complexity index is 471. The summed E-state index contributed by atoms with van der Waals surface area (Å²) in [5.74, 6) is -0.460. The maximum Gasteiger partial charge on any atom is 0.238 e. The summed E-state index contributed by atoms with van der Waals surface area (Å²) in [5, 5.41) is 2.70. The van der Waals surface area contributed by atoms with Crippen LogP contribution in [0.3, 0.4) is 0 Å². The normalized spacial score (nSPS) is 10.6. The van der Waals surface area contributed by atoms with Gasteiger partial charge in [0.2, 0.25) is 5.91 Å². The lowest BCUT2D eigenvalue weighted by atomic mass is 10.2. The minimum atomic E-state index is -0.313. The van der Waals surface area contributed by atoms with E-state index in [1.54, 1.807) is 19.1 Å². The van der Waals surface area contributed by atoms with Crippen LogP contribution in [-0.4, -0.2) is 30.4 Å². The lowest BCUT2D eigenvalue weighted by Crippen LogP contribution is -2.34. The monoisotopic (exact) mass is 264 g/mol.